The molecule has 0 bridgehead atoms. The predicted octanol–water partition coefficient (Wildman–Crippen LogP) is 22.7. The van der Waals surface area contributed by atoms with E-state index in [0.717, 1.165) is 44.9 Å². The summed E-state index contributed by atoms with van der Waals surface area (Å²) in [5.41, 5.74) is 0. The van der Waals surface area contributed by atoms with Gasteiger partial charge in [-0.05, 0) is 83.5 Å². The average Bonchev–Trinajstić information content (AvgIpc) is 3.44. The summed E-state index contributed by atoms with van der Waals surface area (Å²) in [7, 11) is 0. The normalized spacial score (nSPS) is 12.7. The van der Waals surface area contributed by atoms with E-state index in [1.165, 1.54) is 315 Å². The molecule has 0 saturated heterocycles. The highest BCUT2D eigenvalue weighted by atomic mass is 16.5. The van der Waals surface area contributed by atoms with Gasteiger partial charge in [0.05, 0.1) is 25.4 Å². The predicted molar refractivity (Wildman–Crippen MR) is 343 cm³/mol. The first-order valence-electron chi connectivity index (χ1n) is 35.3. The minimum absolute atomic E-state index is 0.0109. The second-order valence-corrected chi connectivity index (χ2v) is 24.2. The number of aliphatic hydroxyl groups is 2. The zero-order valence-corrected chi connectivity index (χ0v) is 52.7. The maximum atomic E-state index is 12.5. The highest BCUT2D eigenvalue weighted by molar-refractivity contribution is 5.76. The molecule has 6 nitrogen and oxygen atoms in total. The van der Waals surface area contributed by atoms with Crippen LogP contribution in [-0.2, 0) is 14.3 Å². The van der Waals surface area contributed by atoms with Crippen LogP contribution in [0.3, 0.4) is 0 Å². The third-order valence-electron chi connectivity index (χ3n) is 16.4. The lowest BCUT2D eigenvalue weighted by Gasteiger charge is -2.20. The van der Waals surface area contributed by atoms with Crippen LogP contribution in [0.5, 0.6) is 0 Å². The SMILES string of the molecule is CCCCCC/C=C\CCCCCCCC(=O)OCCCCCCCCCCCCCCCC/C=C\CCCCCCCCCCCCCCCCCCCC(=O)NC(CO)C(O)/C=C/CCCCCCCCCCCCC. The molecule has 0 aromatic heterocycles. The Bertz CT molecular complexity index is 1260. The van der Waals surface area contributed by atoms with Gasteiger partial charge in [0.15, 0.2) is 0 Å². The van der Waals surface area contributed by atoms with Crippen LogP contribution in [0.15, 0.2) is 36.5 Å². The second-order valence-electron chi connectivity index (χ2n) is 24.2. The first-order chi connectivity index (χ1) is 38.5. The molecule has 0 aliphatic rings. The van der Waals surface area contributed by atoms with Gasteiger partial charge in [0.1, 0.15) is 0 Å². The molecule has 78 heavy (non-hydrogen) atoms. The number of ether oxygens (including phenoxy) is 1. The van der Waals surface area contributed by atoms with Crippen LogP contribution < -0.4 is 5.32 Å². The molecule has 0 rings (SSSR count). The summed E-state index contributed by atoms with van der Waals surface area (Å²) in [5, 5.41) is 23.1. The Morgan fingerprint density at radius 1 is 0.346 bits per heavy atom. The van der Waals surface area contributed by atoms with E-state index in [4.69, 9.17) is 4.74 Å². The van der Waals surface area contributed by atoms with Gasteiger partial charge in [-0.2, -0.15) is 0 Å². The van der Waals surface area contributed by atoms with E-state index >= 15 is 0 Å². The molecule has 0 aromatic carbocycles. The van der Waals surface area contributed by atoms with E-state index in [9.17, 15) is 19.8 Å². The molecule has 0 fully saturated rings. The summed E-state index contributed by atoms with van der Waals surface area (Å²) in [4.78, 5) is 24.5. The van der Waals surface area contributed by atoms with Gasteiger partial charge in [0.25, 0.3) is 0 Å². The summed E-state index contributed by atoms with van der Waals surface area (Å²) in [6, 6.07) is -0.624. The number of aliphatic hydroxyl groups excluding tert-OH is 2. The summed E-state index contributed by atoms with van der Waals surface area (Å²) in [6.07, 6.45) is 86.7. The topological polar surface area (TPSA) is 95.9 Å². The molecular weight excluding hydrogens is 959 g/mol. The van der Waals surface area contributed by atoms with Crippen molar-refractivity contribution in [1.29, 1.82) is 0 Å². The zero-order chi connectivity index (χ0) is 56.4. The van der Waals surface area contributed by atoms with Crippen LogP contribution in [-0.4, -0.2) is 47.4 Å². The number of allylic oxidation sites excluding steroid dienone is 5. The van der Waals surface area contributed by atoms with Crippen LogP contribution in [0, 0.1) is 0 Å². The van der Waals surface area contributed by atoms with Gasteiger partial charge in [-0.3, -0.25) is 9.59 Å². The monoisotopic (exact) mass is 1100 g/mol. The number of carbonyl (C=O) groups is 2. The lowest BCUT2D eigenvalue weighted by molar-refractivity contribution is -0.143. The van der Waals surface area contributed by atoms with Crippen LogP contribution in [0.4, 0.5) is 0 Å². The molecule has 6 heteroatoms. The average molecular weight is 1100 g/mol. The number of hydrogen-bond donors (Lipinski definition) is 3. The molecule has 3 N–H and O–H groups in total. The molecule has 0 aromatic rings. The lowest BCUT2D eigenvalue weighted by Crippen LogP contribution is -2.45. The van der Waals surface area contributed by atoms with Crippen molar-refractivity contribution in [3.05, 3.63) is 36.5 Å². The minimum Gasteiger partial charge on any atom is -0.466 e. The number of nitrogens with one attached hydrogen (secondary N) is 1. The number of esters is 1. The number of carbonyl (C=O) groups excluding carboxylic acids is 2. The van der Waals surface area contributed by atoms with Crippen LogP contribution in [0.25, 0.3) is 0 Å². The smallest absolute Gasteiger partial charge is 0.305 e. The van der Waals surface area contributed by atoms with E-state index in [0.29, 0.717) is 19.4 Å². The number of hydrogen-bond acceptors (Lipinski definition) is 5. The number of unbranched alkanes of at least 4 members (excludes halogenated alkanes) is 51. The molecule has 0 aliphatic heterocycles. The van der Waals surface area contributed by atoms with Crippen molar-refractivity contribution >= 4 is 11.9 Å². The summed E-state index contributed by atoms with van der Waals surface area (Å²) in [5.74, 6) is -0.0523. The molecule has 0 aliphatic carbocycles. The van der Waals surface area contributed by atoms with Crippen molar-refractivity contribution in [2.75, 3.05) is 13.2 Å². The molecule has 1 amide bonds. The Morgan fingerprint density at radius 2 is 0.603 bits per heavy atom. The molecule has 0 radical (unpaired) electrons. The molecular formula is C72H137NO5. The van der Waals surface area contributed by atoms with Gasteiger partial charge in [-0.1, -0.05) is 326 Å². The van der Waals surface area contributed by atoms with Crippen molar-refractivity contribution in [1.82, 2.24) is 5.32 Å². The molecule has 460 valence electrons. The maximum Gasteiger partial charge on any atom is 0.305 e. The Labute approximate surface area is 487 Å². The lowest BCUT2D eigenvalue weighted by atomic mass is 10.0. The van der Waals surface area contributed by atoms with Crippen LogP contribution in [0.1, 0.15) is 386 Å². The largest absolute Gasteiger partial charge is 0.466 e. The standard InChI is InChI=1S/C72H137NO5/c1-3-5-7-9-11-13-15-40-44-48-52-56-60-64-70(75)69(68-74)73-71(76)65-61-57-53-49-45-42-38-36-34-32-30-28-26-24-22-20-18-17-19-21-23-25-27-29-31-33-35-37-39-43-47-51-55-59-63-67-78-72(77)66-62-58-54-50-46-41-16-14-12-10-8-6-4-2/h14,16,19,21,60,64,69-70,74-75H,3-13,15,17-18,20,22-59,61-63,65-68H2,1-2H3,(H,73,76)/b16-14-,21-19-,64-60+. The maximum absolute atomic E-state index is 12.5. The van der Waals surface area contributed by atoms with Gasteiger partial charge in [0, 0.05) is 12.8 Å². The third kappa shape index (κ3) is 63.3. The Hall–Kier alpha value is -1.92. The van der Waals surface area contributed by atoms with E-state index in [1.54, 1.807) is 6.08 Å². The van der Waals surface area contributed by atoms with Crippen molar-refractivity contribution in [2.24, 2.45) is 0 Å². The fraction of sp³-hybridized carbons (Fsp3) is 0.889. The molecule has 0 spiro atoms. The first-order valence-corrected chi connectivity index (χ1v) is 35.3. The Kier molecular flexibility index (Phi) is 65.9. The highest BCUT2D eigenvalue weighted by Crippen LogP contribution is 2.18. The van der Waals surface area contributed by atoms with E-state index < -0.39 is 12.1 Å². The first kappa shape index (κ1) is 76.1. The fourth-order valence-corrected chi connectivity index (χ4v) is 11.0. The van der Waals surface area contributed by atoms with E-state index in [1.807, 2.05) is 6.08 Å². The van der Waals surface area contributed by atoms with Crippen molar-refractivity contribution in [3.63, 3.8) is 0 Å². The van der Waals surface area contributed by atoms with Gasteiger partial charge in [-0.25, -0.2) is 0 Å². The summed E-state index contributed by atoms with van der Waals surface area (Å²) in [6.45, 7) is 4.91. The van der Waals surface area contributed by atoms with Crippen LogP contribution >= 0.6 is 0 Å². The molecule has 0 heterocycles. The molecule has 2 unspecified atom stereocenters. The number of amides is 1. The highest BCUT2D eigenvalue weighted by Gasteiger charge is 2.18. The van der Waals surface area contributed by atoms with Crippen molar-refractivity contribution in [3.8, 4) is 0 Å². The zero-order valence-electron chi connectivity index (χ0n) is 52.7. The fourth-order valence-electron chi connectivity index (χ4n) is 11.0. The number of rotatable bonds is 66. The van der Waals surface area contributed by atoms with Gasteiger partial charge in [-0.15, -0.1) is 0 Å². The molecule has 0 saturated carbocycles. The Morgan fingerprint density at radius 3 is 0.923 bits per heavy atom. The van der Waals surface area contributed by atoms with Crippen molar-refractivity contribution in [2.45, 2.75) is 398 Å². The van der Waals surface area contributed by atoms with E-state index in [2.05, 4.69) is 43.5 Å². The quantitative estimate of drug-likeness (QED) is 0.0320. The van der Waals surface area contributed by atoms with Gasteiger partial charge in [0.2, 0.25) is 5.91 Å². The third-order valence-corrected chi connectivity index (χ3v) is 16.4. The minimum atomic E-state index is -0.841. The van der Waals surface area contributed by atoms with Crippen LogP contribution in [0.2, 0.25) is 0 Å². The summed E-state index contributed by atoms with van der Waals surface area (Å²) >= 11 is 0. The van der Waals surface area contributed by atoms with Gasteiger partial charge < -0.3 is 20.3 Å². The molecule has 2 atom stereocenters. The second kappa shape index (κ2) is 67.6. The Balaban J connectivity index is 3.34. The van der Waals surface area contributed by atoms with E-state index in [-0.39, 0.29) is 18.5 Å². The summed E-state index contributed by atoms with van der Waals surface area (Å²) < 4.78 is 5.48. The van der Waals surface area contributed by atoms with Crippen molar-refractivity contribution < 1.29 is 24.5 Å². The van der Waals surface area contributed by atoms with Gasteiger partial charge >= 0.3 is 5.97 Å².